The van der Waals surface area contributed by atoms with Gasteiger partial charge < -0.3 is 9.30 Å². The number of Topliss-reactive ketones (excluding diaryl/α,β-unsaturated/α-hetero) is 1. The lowest BCUT2D eigenvalue weighted by molar-refractivity contribution is -0.148. The summed E-state index contributed by atoms with van der Waals surface area (Å²) in [5.41, 5.74) is 3.24. The summed E-state index contributed by atoms with van der Waals surface area (Å²) in [7, 11) is 0. The van der Waals surface area contributed by atoms with Gasteiger partial charge in [0.15, 0.2) is 5.78 Å². The van der Waals surface area contributed by atoms with Gasteiger partial charge in [-0.05, 0) is 79.9 Å². The normalized spacial score (nSPS) is 38.3. The first-order valence-electron chi connectivity index (χ1n) is 12.8. The van der Waals surface area contributed by atoms with Gasteiger partial charge >= 0.3 is 5.97 Å². The van der Waals surface area contributed by atoms with Crippen molar-refractivity contribution in [2.24, 2.45) is 28.6 Å². The average Bonchev–Trinajstić information content (AvgIpc) is 3.33. The number of nitrogens with zero attached hydrogens (tertiary/aromatic N) is 2. The summed E-state index contributed by atoms with van der Waals surface area (Å²) in [4.78, 5) is 29.8. The minimum atomic E-state index is -0.264. The first-order valence-corrected chi connectivity index (χ1v) is 12.8. The van der Waals surface area contributed by atoms with Crippen LogP contribution in [0.25, 0.3) is 17.2 Å². The molecule has 2 aromatic rings. The van der Waals surface area contributed by atoms with Crippen LogP contribution in [0.1, 0.15) is 65.7 Å². The highest BCUT2D eigenvalue weighted by Crippen LogP contribution is 2.64. The molecule has 0 spiro atoms. The van der Waals surface area contributed by atoms with E-state index in [4.69, 9.17) is 4.74 Å². The fourth-order valence-corrected chi connectivity index (χ4v) is 8.01. The molecule has 0 aromatic carbocycles. The molecule has 0 N–H and O–H groups in total. The number of pyridine rings is 1. The van der Waals surface area contributed by atoms with Gasteiger partial charge in [0.25, 0.3) is 0 Å². The summed E-state index contributed by atoms with van der Waals surface area (Å²) in [6, 6.07) is 6.06. The Labute approximate surface area is 201 Å². The lowest BCUT2D eigenvalue weighted by atomic mass is 9.48. The van der Waals surface area contributed by atoms with Gasteiger partial charge in [0.05, 0.1) is 0 Å². The van der Waals surface area contributed by atoms with Gasteiger partial charge in [-0.15, -0.1) is 0 Å². The first-order chi connectivity index (χ1) is 16.3. The van der Waals surface area contributed by atoms with Gasteiger partial charge in [-0.25, -0.2) is 4.98 Å². The maximum absolute atomic E-state index is 13.7. The van der Waals surface area contributed by atoms with E-state index in [-0.39, 0.29) is 22.9 Å². The lowest BCUT2D eigenvalue weighted by Gasteiger charge is -2.56. The molecule has 3 unspecified atom stereocenters. The Bertz CT molecular complexity index is 1240. The second kappa shape index (κ2) is 7.66. The Morgan fingerprint density at radius 3 is 2.79 bits per heavy atom. The van der Waals surface area contributed by atoms with Crippen molar-refractivity contribution in [1.82, 2.24) is 9.55 Å². The van der Waals surface area contributed by atoms with Crippen molar-refractivity contribution >= 4 is 29.0 Å². The number of fused-ring (bicyclic) bond motifs is 6. The van der Waals surface area contributed by atoms with Gasteiger partial charge in [0.2, 0.25) is 0 Å². The van der Waals surface area contributed by atoms with Crippen LogP contribution >= 0.6 is 0 Å². The summed E-state index contributed by atoms with van der Waals surface area (Å²) in [6.07, 6.45) is 15.2. The maximum atomic E-state index is 13.7. The van der Waals surface area contributed by atoms with Crippen molar-refractivity contribution in [2.45, 2.75) is 71.8 Å². The van der Waals surface area contributed by atoms with Crippen molar-refractivity contribution in [3.05, 3.63) is 47.8 Å². The number of ketones is 1. The number of hydrogen-bond donors (Lipinski definition) is 0. The van der Waals surface area contributed by atoms with E-state index in [1.54, 1.807) is 0 Å². The number of rotatable bonds is 2. The molecule has 2 heterocycles. The van der Waals surface area contributed by atoms with Crippen molar-refractivity contribution in [3.8, 4) is 0 Å². The summed E-state index contributed by atoms with van der Waals surface area (Å²) in [5, 5.41) is 1.09. The highest BCUT2D eigenvalue weighted by molar-refractivity contribution is 6.05. The van der Waals surface area contributed by atoms with E-state index >= 15 is 0 Å². The van der Waals surface area contributed by atoms with Crippen LogP contribution < -0.4 is 0 Å². The number of esters is 1. The Balaban J connectivity index is 1.30. The number of allylic oxidation sites excluding steroid dienone is 2. The average molecular weight is 459 g/mol. The van der Waals surface area contributed by atoms with E-state index in [9.17, 15) is 9.59 Å². The van der Waals surface area contributed by atoms with E-state index in [2.05, 4.69) is 37.0 Å². The zero-order valence-corrected chi connectivity index (χ0v) is 20.4. The highest BCUT2D eigenvalue weighted by atomic mass is 16.5. The monoisotopic (exact) mass is 458 g/mol. The predicted molar refractivity (Wildman–Crippen MR) is 132 cm³/mol. The Hall–Kier alpha value is -2.69. The van der Waals surface area contributed by atoms with Crippen LogP contribution in [0.15, 0.2) is 47.8 Å². The van der Waals surface area contributed by atoms with Crippen molar-refractivity contribution in [2.75, 3.05) is 0 Å². The third-order valence-electron chi connectivity index (χ3n) is 9.80. The fraction of sp³-hybridized carbons (Fsp3) is 0.552. The summed E-state index contributed by atoms with van der Waals surface area (Å²) >= 11 is 0. The molecule has 178 valence electrons. The van der Waals surface area contributed by atoms with E-state index in [1.165, 1.54) is 12.5 Å². The van der Waals surface area contributed by atoms with E-state index in [0.717, 1.165) is 61.6 Å². The Morgan fingerprint density at radius 2 is 1.97 bits per heavy atom. The molecular weight excluding hydrogens is 424 g/mol. The van der Waals surface area contributed by atoms with Crippen LogP contribution in [0.4, 0.5) is 0 Å². The molecule has 34 heavy (non-hydrogen) atoms. The largest absolute Gasteiger partial charge is 0.462 e. The Morgan fingerprint density at radius 1 is 1.15 bits per heavy atom. The zero-order chi connectivity index (χ0) is 23.7. The molecule has 4 aliphatic carbocycles. The number of ether oxygens (including phenoxy) is 1. The van der Waals surface area contributed by atoms with Crippen molar-refractivity contribution in [1.29, 1.82) is 0 Å². The van der Waals surface area contributed by atoms with Gasteiger partial charge in [-0.1, -0.05) is 25.5 Å². The first kappa shape index (κ1) is 21.8. The molecule has 3 saturated carbocycles. The fourth-order valence-electron chi connectivity index (χ4n) is 8.01. The summed E-state index contributed by atoms with van der Waals surface area (Å²) < 4.78 is 7.60. The SMILES string of the molecule is CC(=O)O[C@H]1CC[C@@]2(C)C(=CCC3C2CC[C@]2(C)C(=O)/C(=C\n4ccc5cccnc54)CC32)C1. The number of carbonyl (C=O) groups is 2. The van der Waals surface area contributed by atoms with Crippen molar-refractivity contribution in [3.63, 3.8) is 0 Å². The minimum absolute atomic E-state index is 0.0230. The number of aromatic nitrogens is 2. The molecule has 5 heteroatoms. The summed E-state index contributed by atoms with van der Waals surface area (Å²) in [5.74, 6) is 1.69. The Kier molecular flexibility index (Phi) is 4.91. The van der Waals surface area contributed by atoms with E-state index < -0.39 is 0 Å². The van der Waals surface area contributed by atoms with Crippen molar-refractivity contribution < 1.29 is 14.3 Å². The third kappa shape index (κ3) is 3.15. The predicted octanol–water partition coefficient (Wildman–Crippen LogP) is 5.95. The third-order valence-corrected chi connectivity index (χ3v) is 9.80. The molecular formula is C29H34N2O3. The maximum Gasteiger partial charge on any atom is 0.302 e. The van der Waals surface area contributed by atoms with Crippen LogP contribution in [-0.2, 0) is 14.3 Å². The van der Waals surface area contributed by atoms with Gasteiger partial charge in [-0.2, -0.15) is 0 Å². The lowest BCUT2D eigenvalue weighted by Crippen LogP contribution is -2.50. The number of hydrogen-bond acceptors (Lipinski definition) is 4. The van der Waals surface area contributed by atoms with Crippen LogP contribution in [0.3, 0.4) is 0 Å². The summed E-state index contributed by atoms with van der Waals surface area (Å²) in [6.45, 7) is 6.17. The van der Waals surface area contributed by atoms with E-state index in [1.807, 2.05) is 29.2 Å². The number of carbonyl (C=O) groups excluding carboxylic acids is 2. The molecule has 6 rings (SSSR count). The quantitative estimate of drug-likeness (QED) is 0.317. The molecule has 4 aliphatic rings. The second-order valence-corrected chi connectivity index (χ2v) is 11.5. The van der Waals surface area contributed by atoms with Gasteiger partial charge in [0, 0.05) is 48.3 Å². The smallest absolute Gasteiger partial charge is 0.302 e. The zero-order valence-electron chi connectivity index (χ0n) is 20.4. The van der Waals surface area contributed by atoms with E-state index in [0.29, 0.717) is 23.5 Å². The molecule has 5 nitrogen and oxygen atoms in total. The molecule has 2 aromatic heterocycles. The van der Waals surface area contributed by atoms with Crippen LogP contribution in [0.5, 0.6) is 0 Å². The molecule has 0 amide bonds. The van der Waals surface area contributed by atoms with Crippen LogP contribution in [0.2, 0.25) is 0 Å². The topological polar surface area (TPSA) is 61.2 Å². The molecule has 6 atom stereocenters. The van der Waals surface area contributed by atoms with Crippen LogP contribution in [0, 0.1) is 28.6 Å². The highest BCUT2D eigenvalue weighted by Gasteiger charge is 2.60. The molecule has 3 fully saturated rings. The minimum Gasteiger partial charge on any atom is -0.462 e. The molecule has 0 aliphatic heterocycles. The molecule has 0 radical (unpaired) electrons. The standard InChI is InChI=1S/C29H34N2O3/c1-18(32)34-22-8-11-28(2)21(16-22)6-7-23-24(28)9-12-29(3)25(23)15-20(26(29)33)17-31-14-10-19-5-4-13-30-27(19)31/h4-6,10,13-14,17,22-25H,7-9,11-12,15-16H2,1-3H3/b20-17-/t22-,23?,24?,25?,28-,29-/m0/s1. The van der Waals surface area contributed by atoms with Gasteiger partial charge in [0.1, 0.15) is 11.8 Å². The van der Waals surface area contributed by atoms with Gasteiger partial charge in [-0.3, -0.25) is 9.59 Å². The molecule has 0 saturated heterocycles. The second-order valence-electron chi connectivity index (χ2n) is 11.5. The molecule has 0 bridgehead atoms. The van der Waals surface area contributed by atoms with Crippen LogP contribution in [-0.4, -0.2) is 27.4 Å².